The summed E-state index contributed by atoms with van der Waals surface area (Å²) in [4.78, 5) is 27.2. The predicted octanol–water partition coefficient (Wildman–Crippen LogP) is 3.78. The standard InChI is InChI=1S/C23H29FN2O3/c1-4-20(23(28)25-14-17(2)3)26(15-18-10-6-5-7-11-18)22(27)16-29-21-13-9-8-12-19(21)24/h5-13,17,20H,4,14-16H2,1-3H3,(H,25,28)/t20-/m0/s1. The van der Waals surface area contributed by atoms with E-state index in [-0.39, 0.29) is 30.7 Å². The van der Waals surface area contributed by atoms with Crippen LogP contribution in [0, 0.1) is 11.7 Å². The van der Waals surface area contributed by atoms with Gasteiger partial charge in [0.25, 0.3) is 5.91 Å². The Balaban J connectivity index is 2.17. The Morgan fingerprint density at radius 2 is 1.72 bits per heavy atom. The summed E-state index contributed by atoms with van der Waals surface area (Å²) in [6.45, 7) is 6.35. The van der Waals surface area contributed by atoms with Gasteiger partial charge in [0, 0.05) is 13.1 Å². The molecule has 2 amide bonds. The molecule has 0 spiro atoms. The van der Waals surface area contributed by atoms with Crippen molar-refractivity contribution < 1.29 is 18.7 Å². The number of benzene rings is 2. The lowest BCUT2D eigenvalue weighted by atomic mass is 10.1. The minimum Gasteiger partial charge on any atom is -0.481 e. The molecule has 0 saturated carbocycles. The van der Waals surface area contributed by atoms with Gasteiger partial charge in [0.05, 0.1) is 0 Å². The largest absolute Gasteiger partial charge is 0.481 e. The first-order valence-electron chi connectivity index (χ1n) is 9.90. The van der Waals surface area contributed by atoms with Crippen LogP contribution in [0.1, 0.15) is 32.8 Å². The van der Waals surface area contributed by atoms with E-state index in [1.165, 1.54) is 17.0 Å². The number of amides is 2. The van der Waals surface area contributed by atoms with E-state index in [1.54, 1.807) is 12.1 Å². The van der Waals surface area contributed by atoms with E-state index in [9.17, 15) is 14.0 Å². The molecule has 2 rings (SSSR count). The minimum absolute atomic E-state index is 0.0119. The van der Waals surface area contributed by atoms with Crippen molar-refractivity contribution in [3.63, 3.8) is 0 Å². The Kier molecular flexibility index (Phi) is 8.65. The average Bonchev–Trinajstić information content (AvgIpc) is 2.72. The Bertz CT molecular complexity index is 796. The number of ether oxygens (including phenoxy) is 1. The van der Waals surface area contributed by atoms with E-state index in [0.717, 1.165) is 5.56 Å². The van der Waals surface area contributed by atoms with Crippen LogP contribution in [0.2, 0.25) is 0 Å². The fourth-order valence-electron chi connectivity index (χ4n) is 2.91. The topological polar surface area (TPSA) is 58.6 Å². The van der Waals surface area contributed by atoms with Crippen molar-refractivity contribution in [2.45, 2.75) is 39.8 Å². The van der Waals surface area contributed by atoms with E-state index >= 15 is 0 Å². The first-order chi connectivity index (χ1) is 13.9. The third-order valence-corrected chi connectivity index (χ3v) is 4.45. The van der Waals surface area contributed by atoms with Crippen molar-refractivity contribution >= 4 is 11.8 Å². The molecule has 0 heterocycles. The molecule has 29 heavy (non-hydrogen) atoms. The number of nitrogens with one attached hydrogen (secondary N) is 1. The monoisotopic (exact) mass is 400 g/mol. The van der Waals surface area contributed by atoms with Crippen molar-refractivity contribution in [2.24, 2.45) is 5.92 Å². The number of halogens is 1. The predicted molar refractivity (Wildman–Crippen MR) is 111 cm³/mol. The Morgan fingerprint density at radius 1 is 1.07 bits per heavy atom. The summed E-state index contributed by atoms with van der Waals surface area (Å²) in [5.41, 5.74) is 0.904. The van der Waals surface area contributed by atoms with Crippen molar-refractivity contribution in [1.29, 1.82) is 0 Å². The average molecular weight is 400 g/mol. The molecule has 6 heteroatoms. The van der Waals surface area contributed by atoms with Gasteiger partial charge in [-0.3, -0.25) is 9.59 Å². The molecule has 156 valence electrons. The number of rotatable bonds is 10. The number of hydrogen-bond acceptors (Lipinski definition) is 3. The van der Waals surface area contributed by atoms with Crippen molar-refractivity contribution in [2.75, 3.05) is 13.2 Å². The summed E-state index contributed by atoms with van der Waals surface area (Å²) >= 11 is 0. The van der Waals surface area contributed by atoms with Crippen LogP contribution in [0.3, 0.4) is 0 Å². The quantitative estimate of drug-likeness (QED) is 0.660. The van der Waals surface area contributed by atoms with Crippen LogP contribution in [0.15, 0.2) is 54.6 Å². The molecule has 0 aliphatic heterocycles. The first-order valence-corrected chi connectivity index (χ1v) is 9.90. The van der Waals surface area contributed by atoms with Crippen LogP contribution in [0.4, 0.5) is 4.39 Å². The number of hydrogen-bond donors (Lipinski definition) is 1. The zero-order valence-electron chi connectivity index (χ0n) is 17.2. The number of nitrogens with zero attached hydrogens (tertiary/aromatic N) is 1. The minimum atomic E-state index is -0.634. The van der Waals surface area contributed by atoms with E-state index < -0.39 is 11.9 Å². The molecule has 0 aromatic heterocycles. The highest BCUT2D eigenvalue weighted by atomic mass is 19.1. The van der Waals surface area contributed by atoms with Gasteiger partial charge in [-0.15, -0.1) is 0 Å². The summed E-state index contributed by atoms with van der Waals surface area (Å²) in [5, 5.41) is 2.90. The van der Waals surface area contributed by atoms with Crippen molar-refractivity contribution in [3.05, 3.63) is 66.0 Å². The van der Waals surface area contributed by atoms with Gasteiger partial charge >= 0.3 is 0 Å². The van der Waals surface area contributed by atoms with E-state index in [2.05, 4.69) is 5.32 Å². The summed E-state index contributed by atoms with van der Waals surface area (Å²) in [5.74, 6) is -0.784. The highest BCUT2D eigenvalue weighted by molar-refractivity contribution is 5.88. The fraction of sp³-hybridized carbons (Fsp3) is 0.391. The molecule has 1 N–H and O–H groups in total. The first kappa shape index (κ1) is 22.4. The van der Waals surface area contributed by atoms with Crippen LogP contribution >= 0.6 is 0 Å². The van der Waals surface area contributed by atoms with Crippen LogP contribution in [0.5, 0.6) is 5.75 Å². The number of para-hydroxylation sites is 1. The van der Waals surface area contributed by atoms with Crippen molar-refractivity contribution in [1.82, 2.24) is 10.2 Å². The van der Waals surface area contributed by atoms with E-state index in [0.29, 0.717) is 18.9 Å². The summed E-state index contributed by atoms with van der Waals surface area (Å²) in [6, 6.07) is 14.8. The number of carbonyl (C=O) groups excluding carboxylic acids is 2. The highest BCUT2D eigenvalue weighted by Crippen LogP contribution is 2.17. The van der Waals surface area contributed by atoms with Gasteiger partial charge < -0.3 is 15.0 Å². The molecule has 2 aromatic carbocycles. The zero-order valence-corrected chi connectivity index (χ0v) is 17.2. The molecular weight excluding hydrogens is 371 g/mol. The van der Waals surface area contributed by atoms with Crippen LogP contribution in [-0.4, -0.2) is 35.9 Å². The molecule has 0 aliphatic rings. The third kappa shape index (κ3) is 6.89. The van der Waals surface area contributed by atoms with Crippen molar-refractivity contribution in [3.8, 4) is 5.75 Å². The molecule has 0 bridgehead atoms. The second kappa shape index (κ2) is 11.2. The highest BCUT2D eigenvalue weighted by Gasteiger charge is 2.29. The molecule has 1 atom stereocenters. The van der Waals surface area contributed by atoms with Gasteiger partial charge in [-0.05, 0) is 30.0 Å². The maximum atomic E-state index is 13.8. The van der Waals surface area contributed by atoms with Gasteiger partial charge in [-0.25, -0.2) is 4.39 Å². The van der Waals surface area contributed by atoms with Crippen LogP contribution in [0.25, 0.3) is 0 Å². The lowest BCUT2D eigenvalue weighted by Crippen LogP contribution is -2.50. The molecular formula is C23H29FN2O3. The van der Waals surface area contributed by atoms with Gasteiger partial charge in [-0.2, -0.15) is 0 Å². The van der Waals surface area contributed by atoms with Crippen LogP contribution in [-0.2, 0) is 16.1 Å². The fourth-order valence-corrected chi connectivity index (χ4v) is 2.91. The molecule has 0 saturated heterocycles. The van der Waals surface area contributed by atoms with E-state index in [4.69, 9.17) is 4.74 Å². The molecule has 5 nitrogen and oxygen atoms in total. The summed E-state index contributed by atoms with van der Waals surface area (Å²) in [7, 11) is 0. The normalized spacial score (nSPS) is 11.8. The second-order valence-electron chi connectivity index (χ2n) is 7.29. The Labute approximate surface area is 171 Å². The Hall–Kier alpha value is -2.89. The summed E-state index contributed by atoms with van der Waals surface area (Å²) < 4.78 is 19.2. The lowest BCUT2D eigenvalue weighted by molar-refractivity contribution is -0.143. The van der Waals surface area contributed by atoms with Crippen LogP contribution < -0.4 is 10.1 Å². The Morgan fingerprint density at radius 3 is 2.34 bits per heavy atom. The zero-order chi connectivity index (χ0) is 21.2. The molecule has 0 radical (unpaired) electrons. The number of carbonyl (C=O) groups is 2. The smallest absolute Gasteiger partial charge is 0.261 e. The SMILES string of the molecule is CC[C@@H](C(=O)NCC(C)C)N(Cc1ccccc1)C(=O)COc1ccccc1F. The molecule has 0 aliphatic carbocycles. The molecule has 2 aromatic rings. The van der Waals surface area contributed by atoms with Gasteiger partial charge in [0.2, 0.25) is 5.91 Å². The van der Waals surface area contributed by atoms with Gasteiger partial charge in [0.15, 0.2) is 18.2 Å². The van der Waals surface area contributed by atoms with Gasteiger partial charge in [-0.1, -0.05) is 63.2 Å². The lowest BCUT2D eigenvalue weighted by Gasteiger charge is -2.30. The van der Waals surface area contributed by atoms with Gasteiger partial charge in [0.1, 0.15) is 6.04 Å². The molecule has 0 unspecified atom stereocenters. The third-order valence-electron chi connectivity index (χ3n) is 4.45. The maximum Gasteiger partial charge on any atom is 0.261 e. The maximum absolute atomic E-state index is 13.8. The molecule has 0 fully saturated rings. The summed E-state index contributed by atoms with van der Waals surface area (Å²) in [6.07, 6.45) is 0.461. The second-order valence-corrected chi connectivity index (χ2v) is 7.29. The van der Waals surface area contributed by atoms with E-state index in [1.807, 2.05) is 51.1 Å².